The average molecular weight is 357 g/mol. The van der Waals surface area contributed by atoms with Crippen molar-refractivity contribution in [3.63, 3.8) is 0 Å². The van der Waals surface area contributed by atoms with E-state index in [1.807, 2.05) is 13.1 Å². The lowest BCUT2D eigenvalue weighted by atomic mass is 9.97. The number of rotatable bonds is 4. The summed E-state index contributed by atoms with van der Waals surface area (Å²) >= 11 is 9.22. The number of nitrogens with one attached hydrogen (secondary N) is 1. The van der Waals surface area contributed by atoms with Crippen LogP contribution in [0.3, 0.4) is 0 Å². The highest BCUT2D eigenvalue weighted by molar-refractivity contribution is 9.10. The fourth-order valence-electron chi connectivity index (χ4n) is 2.25. The Kier molecular flexibility index (Phi) is 5.19. The minimum Gasteiger partial charge on any atom is -0.313 e. The molecule has 0 aliphatic rings. The van der Waals surface area contributed by atoms with Gasteiger partial charge in [0.15, 0.2) is 0 Å². The summed E-state index contributed by atoms with van der Waals surface area (Å²) in [4.78, 5) is 0. The minimum atomic E-state index is -0.371. The van der Waals surface area contributed by atoms with Crippen molar-refractivity contribution in [1.29, 1.82) is 0 Å². The Hall–Kier alpha value is -0.900. The highest BCUT2D eigenvalue weighted by Crippen LogP contribution is 2.25. The second-order valence-electron chi connectivity index (χ2n) is 4.86. The Morgan fingerprint density at radius 1 is 1.25 bits per heavy atom. The highest BCUT2D eigenvalue weighted by Gasteiger charge is 2.12. The van der Waals surface area contributed by atoms with Crippen LogP contribution in [0.25, 0.3) is 0 Å². The van der Waals surface area contributed by atoms with Crippen LogP contribution in [0.1, 0.15) is 22.7 Å². The van der Waals surface area contributed by atoms with Crippen LogP contribution in [-0.4, -0.2) is 7.05 Å². The topological polar surface area (TPSA) is 12.0 Å². The van der Waals surface area contributed by atoms with Crippen molar-refractivity contribution in [2.24, 2.45) is 0 Å². The first-order chi connectivity index (χ1) is 9.49. The standard InChI is InChI=1S/C16H16BrClFN/c1-10-5-12(9-13(17)6-10)16(20-2)8-11-3-4-14(18)15(19)7-11/h3-7,9,16,20H,8H2,1-2H3. The third-order valence-corrected chi connectivity index (χ3v) is 4.00. The van der Waals surface area contributed by atoms with Crippen LogP contribution >= 0.6 is 27.5 Å². The molecule has 2 aromatic rings. The lowest BCUT2D eigenvalue weighted by Gasteiger charge is -2.18. The van der Waals surface area contributed by atoms with Gasteiger partial charge in [-0.25, -0.2) is 4.39 Å². The molecular formula is C16H16BrClFN. The van der Waals surface area contributed by atoms with Gasteiger partial charge in [-0.15, -0.1) is 0 Å². The summed E-state index contributed by atoms with van der Waals surface area (Å²) in [5.41, 5.74) is 3.29. The molecule has 106 valence electrons. The van der Waals surface area contributed by atoms with Crippen LogP contribution < -0.4 is 5.32 Å². The molecule has 20 heavy (non-hydrogen) atoms. The summed E-state index contributed by atoms with van der Waals surface area (Å²) < 4.78 is 14.6. The van der Waals surface area contributed by atoms with E-state index in [4.69, 9.17) is 11.6 Å². The molecule has 1 atom stereocenters. The van der Waals surface area contributed by atoms with Gasteiger partial charge in [0.05, 0.1) is 5.02 Å². The summed E-state index contributed by atoms with van der Waals surface area (Å²) in [7, 11) is 1.91. The number of hydrogen-bond acceptors (Lipinski definition) is 1. The molecule has 0 aliphatic heterocycles. The van der Waals surface area contributed by atoms with Crippen LogP contribution in [0.2, 0.25) is 5.02 Å². The molecule has 0 radical (unpaired) electrons. The molecule has 2 rings (SSSR count). The Bertz CT molecular complexity index is 595. The first-order valence-electron chi connectivity index (χ1n) is 6.38. The van der Waals surface area contributed by atoms with Gasteiger partial charge in [-0.05, 0) is 61.3 Å². The summed E-state index contributed by atoms with van der Waals surface area (Å²) in [5.74, 6) is -0.371. The molecule has 0 saturated heterocycles. The molecule has 2 aromatic carbocycles. The largest absolute Gasteiger partial charge is 0.313 e. The number of hydrogen-bond donors (Lipinski definition) is 1. The molecule has 0 heterocycles. The molecular weight excluding hydrogens is 341 g/mol. The second-order valence-corrected chi connectivity index (χ2v) is 6.18. The van der Waals surface area contributed by atoms with E-state index in [1.165, 1.54) is 17.2 Å². The maximum atomic E-state index is 13.5. The van der Waals surface area contributed by atoms with Gasteiger partial charge in [0.1, 0.15) is 5.82 Å². The van der Waals surface area contributed by atoms with E-state index in [9.17, 15) is 4.39 Å². The van der Waals surface area contributed by atoms with E-state index < -0.39 is 0 Å². The first kappa shape index (κ1) is 15.5. The average Bonchev–Trinajstić information content (AvgIpc) is 2.38. The predicted molar refractivity (Wildman–Crippen MR) is 85.8 cm³/mol. The molecule has 0 aromatic heterocycles. The summed E-state index contributed by atoms with van der Waals surface area (Å²) in [6.45, 7) is 2.06. The van der Waals surface area contributed by atoms with Gasteiger partial charge in [-0.1, -0.05) is 39.7 Å². The molecule has 0 amide bonds. The van der Waals surface area contributed by atoms with Crippen molar-refractivity contribution in [1.82, 2.24) is 5.32 Å². The smallest absolute Gasteiger partial charge is 0.142 e. The van der Waals surface area contributed by atoms with E-state index in [1.54, 1.807) is 6.07 Å². The zero-order valence-electron chi connectivity index (χ0n) is 11.4. The quantitative estimate of drug-likeness (QED) is 0.808. The van der Waals surface area contributed by atoms with Crippen LogP contribution in [0.4, 0.5) is 4.39 Å². The van der Waals surface area contributed by atoms with Crippen LogP contribution in [0.15, 0.2) is 40.9 Å². The van der Waals surface area contributed by atoms with Crippen molar-refractivity contribution in [2.75, 3.05) is 7.05 Å². The van der Waals surface area contributed by atoms with Gasteiger partial charge < -0.3 is 5.32 Å². The maximum absolute atomic E-state index is 13.5. The number of aryl methyl sites for hydroxylation is 1. The van der Waals surface area contributed by atoms with E-state index in [0.717, 1.165) is 10.0 Å². The normalized spacial score (nSPS) is 12.4. The Balaban J connectivity index is 2.26. The Labute approximate surface area is 132 Å². The molecule has 1 nitrogen and oxygen atoms in total. The number of benzene rings is 2. The number of halogens is 3. The van der Waals surface area contributed by atoms with E-state index >= 15 is 0 Å². The second kappa shape index (κ2) is 6.70. The third kappa shape index (κ3) is 3.81. The monoisotopic (exact) mass is 355 g/mol. The van der Waals surface area contributed by atoms with Crippen LogP contribution in [0.5, 0.6) is 0 Å². The summed E-state index contributed by atoms with van der Waals surface area (Å²) in [6.07, 6.45) is 0.709. The van der Waals surface area contributed by atoms with E-state index in [0.29, 0.717) is 6.42 Å². The lowest BCUT2D eigenvalue weighted by Crippen LogP contribution is -2.19. The Morgan fingerprint density at radius 3 is 2.60 bits per heavy atom. The van der Waals surface area contributed by atoms with Gasteiger partial charge >= 0.3 is 0 Å². The molecule has 1 N–H and O–H groups in total. The highest BCUT2D eigenvalue weighted by atomic mass is 79.9. The molecule has 4 heteroatoms. The molecule has 0 spiro atoms. The summed E-state index contributed by atoms with van der Waals surface area (Å²) in [5, 5.41) is 3.44. The van der Waals surface area contributed by atoms with Crippen molar-refractivity contribution in [3.8, 4) is 0 Å². The van der Waals surface area contributed by atoms with E-state index in [-0.39, 0.29) is 16.9 Å². The van der Waals surface area contributed by atoms with Gasteiger partial charge in [0, 0.05) is 10.5 Å². The fraction of sp³-hybridized carbons (Fsp3) is 0.250. The van der Waals surface area contributed by atoms with Crippen LogP contribution in [-0.2, 0) is 6.42 Å². The predicted octanol–water partition coefficient (Wildman–Crippen LogP) is 5.05. The van der Waals surface area contributed by atoms with Gasteiger partial charge in [0.25, 0.3) is 0 Å². The molecule has 0 fully saturated rings. The maximum Gasteiger partial charge on any atom is 0.142 e. The third-order valence-electron chi connectivity index (χ3n) is 3.24. The fourth-order valence-corrected chi connectivity index (χ4v) is 3.00. The number of likely N-dealkylation sites (N-methyl/N-ethyl adjacent to an activating group) is 1. The zero-order chi connectivity index (χ0) is 14.7. The first-order valence-corrected chi connectivity index (χ1v) is 7.55. The molecule has 0 bridgehead atoms. The zero-order valence-corrected chi connectivity index (χ0v) is 13.7. The lowest BCUT2D eigenvalue weighted by molar-refractivity contribution is 0.583. The van der Waals surface area contributed by atoms with Gasteiger partial charge in [0.2, 0.25) is 0 Å². The SMILES string of the molecule is CNC(Cc1ccc(Cl)c(F)c1)c1cc(C)cc(Br)c1. The Morgan fingerprint density at radius 2 is 2.00 bits per heavy atom. The molecule has 0 saturated carbocycles. The minimum absolute atomic E-state index is 0.131. The molecule has 0 aliphatic carbocycles. The molecule has 1 unspecified atom stereocenters. The van der Waals surface area contributed by atoms with Gasteiger partial charge in [-0.3, -0.25) is 0 Å². The van der Waals surface area contributed by atoms with E-state index in [2.05, 4.69) is 46.4 Å². The summed E-state index contributed by atoms with van der Waals surface area (Å²) in [6, 6.07) is 11.4. The van der Waals surface area contributed by atoms with Crippen molar-refractivity contribution in [2.45, 2.75) is 19.4 Å². The van der Waals surface area contributed by atoms with Gasteiger partial charge in [-0.2, -0.15) is 0 Å². The van der Waals surface area contributed by atoms with Crippen molar-refractivity contribution >= 4 is 27.5 Å². The van der Waals surface area contributed by atoms with Crippen LogP contribution in [0, 0.1) is 12.7 Å². The van der Waals surface area contributed by atoms with Crippen molar-refractivity contribution in [3.05, 3.63) is 68.4 Å². The van der Waals surface area contributed by atoms with Crippen molar-refractivity contribution < 1.29 is 4.39 Å².